The van der Waals surface area contributed by atoms with Crippen molar-refractivity contribution >= 4 is 17.7 Å². The first-order valence-electron chi connectivity index (χ1n) is 6.91. The molecule has 5 heteroatoms. The van der Waals surface area contributed by atoms with Gasteiger partial charge in [0, 0.05) is 12.2 Å². The Bertz CT molecular complexity index is 514. The monoisotopic (exact) mass is 276 g/mol. The predicted octanol–water partition coefficient (Wildman–Crippen LogP) is 2.02. The fourth-order valence-corrected chi connectivity index (χ4v) is 2.46. The molecule has 1 aromatic rings. The van der Waals surface area contributed by atoms with Crippen LogP contribution in [0.1, 0.15) is 24.5 Å². The second kappa shape index (κ2) is 6.41. The molecule has 5 nitrogen and oxygen atoms in total. The predicted molar refractivity (Wildman–Crippen MR) is 76.9 cm³/mol. The summed E-state index contributed by atoms with van der Waals surface area (Å²) in [5.74, 6) is -0.336. The highest BCUT2D eigenvalue weighted by Gasteiger charge is 2.20. The summed E-state index contributed by atoms with van der Waals surface area (Å²) in [5, 5.41) is 2.23. The van der Waals surface area contributed by atoms with Crippen LogP contribution in [0.25, 0.3) is 0 Å². The summed E-state index contributed by atoms with van der Waals surface area (Å²) in [6.45, 7) is 5.02. The number of fused-ring (bicyclic) bond motifs is 1. The number of alkyl carbamates (subject to hydrolysis) is 1. The van der Waals surface area contributed by atoms with E-state index in [1.54, 1.807) is 6.92 Å². The smallest absolute Gasteiger partial charge is 0.413 e. The molecule has 20 heavy (non-hydrogen) atoms. The lowest BCUT2D eigenvalue weighted by Gasteiger charge is -2.30. The highest BCUT2D eigenvalue weighted by Crippen LogP contribution is 2.27. The molecular weight excluding hydrogens is 256 g/mol. The Balaban J connectivity index is 2.01. The van der Waals surface area contributed by atoms with Gasteiger partial charge in [-0.05, 0) is 38.3 Å². The SMILES string of the molecule is CCOC(=O)NC(=O)CN1CCCc2cc(C)ccc21. The number of hydrogen-bond donors (Lipinski definition) is 1. The van der Waals surface area contributed by atoms with Crippen LogP contribution >= 0.6 is 0 Å². The van der Waals surface area contributed by atoms with Gasteiger partial charge in [0.25, 0.3) is 0 Å². The van der Waals surface area contributed by atoms with Crippen LogP contribution in [-0.4, -0.2) is 31.7 Å². The van der Waals surface area contributed by atoms with E-state index >= 15 is 0 Å². The van der Waals surface area contributed by atoms with Crippen LogP contribution in [0.4, 0.5) is 10.5 Å². The van der Waals surface area contributed by atoms with E-state index < -0.39 is 6.09 Å². The van der Waals surface area contributed by atoms with Crippen LogP contribution in [0.3, 0.4) is 0 Å². The average molecular weight is 276 g/mol. The van der Waals surface area contributed by atoms with Crippen molar-refractivity contribution in [2.45, 2.75) is 26.7 Å². The molecular formula is C15H20N2O3. The number of anilines is 1. The Morgan fingerprint density at radius 1 is 1.40 bits per heavy atom. The molecule has 0 aromatic heterocycles. The summed E-state index contributed by atoms with van der Waals surface area (Å²) in [5.41, 5.74) is 3.57. The van der Waals surface area contributed by atoms with Crippen LogP contribution in [0.5, 0.6) is 0 Å². The summed E-state index contributed by atoms with van der Waals surface area (Å²) >= 11 is 0. The van der Waals surface area contributed by atoms with E-state index in [4.69, 9.17) is 4.74 Å². The summed E-state index contributed by atoms with van der Waals surface area (Å²) in [6, 6.07) is 6.24. The number of aryl methyl sites for hydroxylation is 2. The highest BCUT2D eigenvalue weighted by molar-refractivity contribution is 5.94. The molecule has 1 aliphatic heterocycles. The minimum absolute atomic E-state index is 0.175. The second-order valence-corrected chi connectivity index (χ2v) is 4.93. The molecule has 1 aliphatic rings. The molecule has 0 bridgehead atoms. The van der Waals surface area contributed by atoms with Gasteiger partial charge in [0.05, 0.1) is 13.2 Å². The molecule has 1 N–H and O–H groups in total. The zero-order valence-electron chi connectivity index (χ0n) is 11.9. The number of ether oxygens (including phenoxy) is 1. The number of carbonyl (C=O) groups excluding carboxylic acids is 2. The van der Waals surface area contributed by atoms with Crippen LogP contribution in [0.15, 0.2) is 18.2 Å². The fraction of sp³-hybridized carbons (Fsp3) is 0.467. The Morgan fingerprint density at radius 3 is 2.95 bits per heavy atom. The van der Waals surface area contributed by atoms with Gasteiger partial charge in [0.1, 0.15) is 0 Å². The summed E-state index contributed by atoms with van der Waals surface area (Å²) in [7, 11) is 0. The zero-order valence-corrected chi connectivity index (χ0v) is 11.9. The minimum atomic E-state index is -0.682. The van der Waals surface area contributed by atoms with Crippen molar-refractivity contribution in [1.82, 2.24) is 5.32 Å². The highest BCUT2D eigenvalue weighted by atomic mass is 16.5. The van der Waals surface area contributed by atoms with Gasteiger partial charge in [-0.15, -0.1) is 0 Å². The van der Waals surface area contributed by atoms with Crippen LogP contribution < -0.4 is 10.2 Å². The molecule has 1 aromatic carbocycles. The summed E-state index contributed by atoms with van der Waals surface area (Å²) in [6.07, 6.45) is 1.37. The Hall–Kier alpha value is -2.04. The first-order chi connectivity index (χ1) is 9.60. The van der Waals surface area contributed by atoms with E-state index in [0.717, 1.165) is 25.1 Å². The molecule has 0 spiro atoms. The summed E-state index contributed by atoms with van der Waals surface area (Å²) < 4.78 is 4.70. The lowest BCUT2D eigenvalue weighted by molar-refractivity contribution is -0.119. The normalized spacial score (nSPS) is 13.6. The molecule has 0 radical (unpaired) electrons. The third-order valence-corrected chi connectivity index (χ3v) is 3.30. The van der Waals surface area contributed by atoms with Gasteiger partial charge in [-0.25, -0.2) is 4.79 Å². The van der Waals surface area contributed by atoms with E-state index in [1.807, 2.05) is 17.0 Å². The first-order valence-corrected chi connectivity index (χ1v) is 6.91. The van der Waals surface area contributed by atoms with Gasteiger partial charge in [0.2, 0.25) is 5.91 Å². The van der Waals surface area contributed by atoms with Gasteiger partial charge in [-0.2, -0.15) is 0 Å². The lowest BCUT2D eigenvalue weighted by Crippen LogP contribution is -2.42. The van der Waals surface area contributed by atoms with Gasteiger partial charge < -0.3 is 9.64 Å². The Morgan fingerprint density at radius 2 is 2.20 bits per heavy atom. The largest absolute Gasteiger partial charge is 0.450 e. The molecule has 2 rings (SSSR count). The molecule has 0 saturated heterocycles. The van der Waals surface area contributed by atoms with E-state index in [2.05, 4.69) is 18.3 Å². The van der Waals surface area contributed by atoms with Crippen molar-refractivity contribution in [3.8, 4) is 0 Å². The fourth-order valence-electron chi connectivity index (χ4n) is 2.46. The molecule has 108 valence electrons. The number of rotatable bonds is 3. The zero-order chi connectivity index (χ0) is 14.5. The standard InChI is InChI=1S/C15H20N2O3/c1-3-20-15(19)16-14(18)10-17-8-4-5-12-9-11(2)6-7-13(12)17/h6-7,9H,3-5,8,10H2,1-2H3,(H,16,18,19). The molecule has 2 amide bonds. The van der Waals surface area contributed by atoms with Crippen molar-refractivity contribution in [1.29, 1.82) is 0 Å². The topological polar surface area (TPSA) is 58.6 Å². The number of imide groups is 1. The van der Waals surface area contributed by atoms with E-state index in [9.17, 15) is 9.59 Å². The van der Waals surface area contributed by atoms with Crippen molar-refractivity contribution in [2.75, 3.05) is 24.6 Å². The van der Waals surface area contributed by atoms with Gasteiger partial charge in [0.15, 0.2) is 0 Å². The summed E-state index contributed by atoms with van der Waals surface area (Å²) in [4.78, 5) is 25.0. The maximum atomic E-state index is 11.8. The number of nitrogens with zero attached hydrogens (tertiary/aromatic N) is 1. The number of benzene rings is 1. The molecule has 0 atom stereocenters. The number of amides is 2. The van der Waals surface area contributed by atoms with Crippen LogP contribution in [0, 0.1) is 6.92 Å². The van der Waals surface area contributed by atoms with Gasteiger partial charge in [-0.3, -0.25) is 10.1 Å². The van der Waals surface area contributed by atoms with Crippen molar-refractivity contribution < 1.29 is 14.3 Å². The molecule has 0 saturated carbocycles. The molecule has 0 unspecified atom stereocenters. The number of nitrogens with one attached hydrogen (secondary N) is 1. The molecule has 0 aliphatic carbocycles. The maximum absolute atomic E-state index is 11.8. The third-order valence-electron chi connectivity index (χ3n) is 3.30. The maximum Gasteiger partial charge on any atom is 0.413 e. The van der Waals surface area contributed by atoms with Gasteiger partial charge >= 0.3 is 6.09 Å². The minimum Gasteiger partial charge on any atom is -0.450 e. The van der Waals surface area contributed by atoms with E-state index in [-0.39, 0.29) is 19.1 Å². The lowest BCUT2D eigenvalue weighted by atomic mass is 9.99. The Kier molecular flexibility index (Phi) is 4.61. The first kappa shape index (κ1) is 14.4. The van der Waals surface area contributed by atoms with Crippen molar-refractivity contribution in [3.63, 3.8) is 0 Å². The van der Waals surface area contributed by atoms with Crippen molar-refractivity contribution in [3.05, 3.63) is 29.3 Å². The number of carbonyl (C=O) groups is 2. The third kappa shape index (κ3) is 3.50. The number of hydrogen-bond acceptors (Lipinski definition) is 4. The van der Waals surface area contributed by atoms with Crippen LogP contribution in [-0.2, 0) is 16.0 Å². The quantitative estimate of drug-likeness (QED) is 0.917. The average Bonchev–Trinajstić information content (AvgIpc) is 2.38. The Labute approximate surface area is 118 Å². The van der Waals surface area contributed by atoms with Crippen molar-refractivity contribution in [2.24, 2.45) is 0 Å². The second-order valence-electron chi connectivity index (χ2n) is 4.93. The van der Waals surface area contributed by atoms with E-state index in [0.29, 0.717) is 0 Å². The van der Waals surface area contributed by atoms with Gasteiger partial charge in [-0.1, -0.05) is 17.7 Å². The van der Waals surface area contributed by atoms with Crippen LogP contribution in [0.2, 0.25) is 0 Å². The molecule has 1 heterocycles. The van der Waals surface area contributed by atoms with E-state index in [1.165, 1.54) is 11.1 Å². The molecule has 0 fully saturated rings.